The Labute approximate surface area is 210 Å². The Bertz CT molecular complexity index is 1400. The first-order valence-corrected chi connectivity index (χ1v) is 12.2. The number of hydrogen-bond acceptors (Lipinski definition) is 6. The molecule has 0 saturated carbocycles. The second kappa shape index (κ2) is 10.5. The summed E-state index contributed by atoms with van der Waals surface area (Å²) in [6, 6.07) is 24.6. The van der Waals surface area contributed by atoms with Crippen molar-refractivity contribution in [3.05, 3.63) is 95.6 Å². The van der Waals surface area contributed by atoms with Gasteiger partial charge in [0.25, 0.3) is 0 Å². The lowest BCUT2D eigenvalue weighted by atomic mass is 9.98. The third-order valence-electron chi connectivity index (χ3n) is 6.20. The molecule has 0 fully saturated rings. The van der Waals surface area contributed by atoms with Gasteiger partial charge in [0.05, 0.1) is 6.54 Å². The molecule has 0 radical (unpaired) electrons. The molecule has 2 heterocycles. The first-order valence-electron chi connectivity index (χ1n) is 12.2. The predicted octanol–water partition coefficient (Wildman–Crippen LogP) is 4.94. The quantitative estimate of drug-likeness (QED) is 0.290. The maximum Gasteiger partial charge on any atom is 0.180 e. The van der Waals surface area contributed by atoms with E-state index in [0.717, 1.165) is 52.4 Å². The van der Waals surface area contributed by atoms with Crippen LogP contribution in [0, 0.1) is 5.92 Å². The molecule has 0 spiro atoms. The Morgan fingerprint density at radius 2 is 1.61 bits per heavy atom. The Hall–Kier alpha value is -4.33. The van der Waals surface area contributed by atoms with Crippen LogP contribution in [0.1, 0.15) is 43.0 Å². The first kappa shape index (κ1) is 23.4. The van der Waals surface area contributed by atoms with Crippen molar-refractivity contribution in [2.75, 3.05) is 5.73 Å². The summed E-state index contributed by atoms with van der Waals surface area (Å²) in [5, 5.41) is 19.3. The zero-order valence-corrected chi connectivity index (χ0v) is 20.6. The summed E-state index contributed by atoms with van der Waals surface area (Å²) in [5.41, 5.74) is 12.1. The molecule has 5 rings (SSSR count). The normalized spacial score (nSPS) is 11.3. The number of tetrazole rings is 1. The molecule has 3 aromatic carbocycles. The second-order valence-corrected chi connectivity index (χ2v) is 9.45. The summed E-state index contributed by atoms with van der Waals surface area (Å²) in [5.74, 6) is 3.13. The molecule has 2 aromatic heterocycles. The van der Waals surface area contributed by atoms with Gasteiger partial charge in [-0.05, 0) is 57.2 Å². The van der Waals surface area contributed by atoms with E-state index in [2.05, 4.69) is 76.9 Å². The largest absolute Gasteiger partial charge is 0.399 e. The van der Waals surface area contributed by atoms with Crippen LogP contribution in [-0.4, -0.2) is 35.4 Å². The highest BCUT2D eigenvalue weighted by atomic mass is 15.5. The van der Waals surface area contributed by atoms with E-state index in [0.29, 0.717) is 24.7 Å². The lowest BCUT2D eigenvalue weighted by molar-refractivity contribution is 0.568. The van der Waals surface area contributed by atoms with Crippen LogP contribution in [-0.2, 0) is 19.4 Å². The van der Waals surface area contributed by atoms with Crippen molar-refractivity contribution >= 4 is 5.69 Å². The number of aryl methyl sites for hydroxylation is 1. The lowest BCUT2D eigenvalue weighted by Crippen LogP contribution is -2.08. The smallest absolute Gasteiger partial charge is 0.180 e. The van der Waals surface area contributed by atoms with E-state index in [-0.39, 0.29) is 0 Å². The number of nitrogen functional groups attached to an aromatic ring is 1. The van der Waals surface area contributed by atoms with Gasteiger partial charge in [0, 0.05) is 24.1 Å². The second-order valence-electron chi connectivity index (χ2n) is 9.45. The van der Waals surface area contributed by atoms with Gasteiger partial charge in [-0.1, -0.05) is 74.5 Å². The van der Waals surface area contributed by atoms with E-state index in [9.17, 15) is 0 Å². The average Bonchev–Trinajstić information content (AvgIpc) is 3.55. The molecule has 8 heteroatoms. The highest BCUT2D eigenvalue weighted by Crippen LogP contribution is 2.29. The van der Waals surface area contributed by atoms with E-state index in [1.807, 2.05) is 35.0 Å². The van der Waals surface area contributed by atoms with Gasteiger partial charge in [-0.3, -0.25) is 0 Å². The van der Waals surface area contributed by atoms with Gasteiger partial charge in [0.1, 0.15) is 5.82 Å². The summed E-state index contributed by atoms with van der Waals surface area (Å²) in [6.07, 6.45) is 2.66. The number of aromatic nitrogens is 7. The number of nitrogens with two attached hydrogens (primary N) is 1. The number of rotatable bonds is 9. The van der Waals surface area contributed by atoms with Gasteiger partial charge in [-0.25, -0.2) is 14.8 Å². The number of nitrogens with zero attached hydrogens (tertiary/aromatic N) is 6. The molecule has 0 aliphatic heterocycles. The Morgan fingerprint density at radius 1 is 0.889 bits per heavy atom. The predicted molar refractivity (Wildman–Crippen MR) is 141 cm³/mol. The van der Waals surface area contributed by atoms with Gasteiger partial charge in [-0.2, -0.15) is 5.10 Å². The molecule has 0 saturated heterocycles. The number of nitrogens with one attached hydrogen (secondary N) is 1. The Kier molecular flexibility index (Phi) is 6.84. The SMILES string of the molecule is CC(C)CCc1nc(Cc2ccc(N)cc2)n(Cc2ccc(-c3ccccc3-c3nnn[nH]3)cc2)n1. The molecule has 182 valence electrons. The van der Waals surface area contributed by atoms with Crippen LogP contribution in [0.3, 0.4) is 0 Å². The van der Waals surface area contributed by atoms with Crippen molar-refractivity contribution in [2.24, 2.45) is 5.92 Å². The minimum Gasteiger partial charge on any atom is -0.399 e. The molecule has 0 bridgehead atoms. The fourth-order valence-corrected chi connectivity index (χ4v) is 4.20. The highest BCUT2D eigenvalue weighted by Gasteiger charge is 2.13. The van der Waals surface area contributed by atoms with E-state index in [1.165, 1.54) is 5.56 Å². The minimum atomic E-state index is 0.612. The average molecular weight is 479 g/mol. The van der Waals surface area contributed by atoms with Crippen LogP contribution >= 0.6 is 0 Å². The fourth-order valence-electron chi connectivity index (χ4n) is 4.20. The maximum atomic E-state index is 5.87. The maximum absolute atomic E-state index is 5.87. The highest BCUT2D eigenvalue weighted by molar-refractivity contribution is 5.80. The molecular weight excluding hydrogens is 448 g/mol. The first-order chi connectivity index (χ1) is 17.5. The molecule has 0 atom stereocenters. The summed E-state index contributed by atoms with van der Waals surface area (Å²) in [7, 11) is 0. The van der Waals surface area contributed by atoms with Crippen LogP contribution in [0.2, 0.25) is 0 Å². The van der Waals surface area contributed by atoms with E-state index < -0.39 is 0 Å². The zero-order chi connectivity index (χ0) is 24.9. The lowest BCUT2D eigenvalue weighted by Gasteiger charge is -2.10. The molecule has 0 aliphatic carbocycles. The van der Waals surface area contributed by atoms with Crippen LogP contribution in [0.5, 0.6) is 0 Å². The molecule has 0 unspecified atom stereocenters. The molecular formula is C28H30N8. The molecule has 3 N–H and O–H groups in total. The van der Waals surface area contributed by atoms with Crippen molar-refractivity contribution in [3.8, 4) is 22.5 Å². The van der Waals surface area contributed by atoms with Crippen LogP contribution in [0.25, 0.3) is 22.5 Å². The number of H-pyrrole nitrogens is 1. The summed E-state index contributed by atoms with van der Waals surface area (Å²) >= 11 is 0. The molecule has 8 nitrogen and oxygen atoms in total. The number of anilines is 1. The summed E-state index contributed by atoms with van der Waals surface area (Å²) in [4.78, 5) is 4.90. The third kappa shape index (κ3) is 5.49. The number of benzene rings is 3. The van der Waals surface area contributed by atoms with E-state index in [1.54, 1.807) is 0 Å². The standard InChI is InChI=1S/C28H30N8/c1-19(2)7-16-26-30-27(17-20-10-14-23(29)15-11-20)36(33-26)18-21-8-12-22(13-9-21)24-5-3-4-6-25(24)28-31-34-35-32-28/h3-6,8-15,19H,7,16-18,29H2,1-2H3,(H,31,32,34,35). The van der Waals surface area contributed by atoms with Crippen molar-refractivity contribution in [1.29, 1.82) is 0 Å². The van der Waals surface area contributed by atoms with Crippen LogP contribution < -0.4 is 5.73 Å². The van der Waals surface area contributed by atoms with Crippen LogP contribution in [0.15, 0.2) is 72.8 Å². The number of hydrogen-bond donors (Lipinski definition) is 2. The van der Waals surface area contributed by atoms with Gasteiger partial charge in [-0.15, -0.1) is 5.10 Å². The zero-order valence-electron chi connectivity index (χ0n) is 20.6. The van der Waals surface area contributed by atoms with Crippen molar-refractivity contribution < 1.29 is 0 Å². The monoisotopic (exact) mass is 478 g/mol. The summed E-state index contributed by atoms with van der Waals surface area (Å²) < 4.78 is 2.04. The molecule has 5 aromatic rings. The third-order valence-corrected chi connectivity index (χ3v) is 6.20. The molecule has 0 aliphatic rings. The molecule has 0 amide bonds. The summed E-state index contributed by atoms with van der Waals surface area (Å²) in [6.45, 7) is 5.11. The van der Waals surface area contributed by atoms with Gasteiger partial charge in [0.2, 0.25) is 0 Å². The fraction of sp³-hybridized carbons (Fsp3) is 0.250. The minimum absolute atomic E-state index is 0.612. The Balaban J connectivity index is 1.39. The molecule has 36 heavy (non-hydrogen) atoms. The van der Waals surface area contributed by atoms with Crippen molar-refractivity contribution in [3.63, 3.8) is 0 Å². The van der Waals surface area contributed by atoms with Crippen molar-refractivity contribution in [2.45, 2.75) is 39.7 Å². The van der Waals surface area contributed by atoms with E-state index >= 15 is 0 Å². The van der Waals surface area contributed by atoms with Crippen LogP contribution in [0.4, 0.5) is 5.69 Å². The van der Waals surface area contributed by atoms with Gasteiger partial charge >= 0.3 is 0 Å². The topological polar surface area (TPSA) is 111 Å². The van der Waals surface area contributed by atoms with Crippen molar-refractivity contribution in [1.82, 2.24) is 35.4 Å². The Morgan fingerprint density at radius 3 is 2.31 bits per heavy atom. The van der Waals surface area contributed by atoms with Gasteiger partial charge < -0.3 is 5.73 Å². The number of aromatic amines is 1. The van der Waals surface area contributed by atoms with Gasteiger partial charge in [0.15, 0.2) is 11.6 Å². The van der Waals surface area contributed by atoms with E-state index in [4.69, 9.17) is 15.8 Å².